The van der Waals surface area contributed by atoms with Gasteiger partial charge in [0.2, 0.25) is 5.91 Å². The van der Waals surface area contributed by atoms with Crippen LogP contribution in [0.3, 0.4) is 0 Å². The Kier molecular flexibility index (Phi) is 5.64. The molecule has 0 radical (unpaired) electrons. The van der Waals surface area contributed by atoms with Crippen molar-refractivity contribution in [3.05, 3.63) is 0 Å². The Morgan fingerprint density at radius 1 is 1.37 bits per heavy atom. The van der Waals surface area contributed by atoms with Gasteiger partial charge in [0.1, 0.15) is 0 Å². The first-order valence-corrected chi connectivity index (χ1v) is 7.69. The van der Waals surface area contributed by atoms with Gasteiger partial charge in [0.05, 0.1) is 6.10 Å². The molecular formula is C15H28N2O2. The van der Waals surface area contributed by atoms with Gasteiger partial charge in [-0.05, 0) is 51.6 Å². The lowest BCUT2D eigenvalue weighted by molar-refractivity contribution is -0.131. The number of likely N-dealkylation sites (tertiary alicyclic amines) is 1. The molecule has 0 spiro atoms. The molecule has 2 atom stereocenters. The van der Waals surface area contributed by atoms with E-state index in [4.69, 9.17) is 4.74 Å². The average molecular weight is 268 g/mol. The van der Waals surface area contributed by atoms with E-state index in [9.17, 15) is 4.79 Å². The molecule has 0 aromatic heterocycles. The Hall–Kier alpha value is -0.610. The molecule has 2 fully saturated rings. The number of hydrogen-bond acceptors (Lipinski definition) is 3. The third kappa shape index (κ3) is 4.77. The maximum Gasteiger partial charge on any atom is 0.222 e. The minimum absolute atomic E-state index is 0.281. The molecule has 4 nitrogen and oxygen atoms in total. The maximum absolute atomic E-state index is 12.1. The van der Waals surface area contributed by atoms with E-state index in [1.54, 1.807) is 0 Å². The predicted molar refractivity (Wildman–Crippen MR) is 76.1 cm³/mol. The van der Waals surface area contributed by atoms with E-state index in [0.717, 1.165) is 39.0 Å². The summed E-state index contributed by atoms with van der Waals surface area (Å²) in [6, 6.07) is 0. The summed E-state index contributed by atoms with van der Waals surface area (Å²) >= 11 is 0. The first kappa shape index (κ1) is 14.8. The summed E-state index contributed by atoms with van der Waals surface area (Å²) in [6.07, 6.45) is 6.68. The van der Waals surface area contributed by atoms with Crippen molar-refractivity contribution in [1.29, 1.82) is 0 Å². The van der Waals surface area contributed by atoms with Crippen LogP contribution in [0.15, 0.2) is 0 Å². The van der Waals surface area contributed by atoms with Gasteiger partial charge in [-0.3, -0.25) is 4.79 Å². The van der Waals surface area contributed by atoms with Gasteiger partial charge in [0, 0.05) is 33.2 Å². The minimum Gasteiger partial charge on any atom is -0.378 e. The van der Waals surface area contributed by atoms with Crippen LogP contribution in [-0.4, -0.2) is 62.1 Å². The van der Waals surface area contributed by atoms with Gasteiger partial charge < -0.3 is 14.5 Å². The number of amides is 1. The summed E-state index contributed by atoms with van der Waals surface area (Å²) in [6.45, 7) is 4.12. The van der Waals surface area contributed by atoms with E-state index in [0.29, 0.717) is 18.4 Å². The van der Waals surface area contributed by atoms with Gasteiger partial charge in [0.25, 0.3) is 0 Å². The molecule has 2 saturated heterocycles. The lowest BCUT2D eigenvalue weighted by Crippen LogP contribution is -2.40. The Morgan fingerprint density at radius 2 is 2.21 bits per heavy atom. The van der Waals surface area contributed by atoms with Gasteiger partial charge in [-0.25, -0.2) is 0 Å². The third-order valence-electron chi connectivity index (χ3n) is 4.38. The highest BCUT2D eigenvalue weighted by molar-refractivity contribution is 5.75. The number of carbonyl (C=O) groups is 1. The lowest BCUT2D eigenvalue weighted by Gasteiger charge is -2.32. The van der Waals surface area contributed by atoms with E-state index in [-0.39, 0.29) is 5.91 Å². The van der Waals surface area contributed by atoms with E-state index in [2.05, 4.69) is 11.9 Å². The molecule has 0 aromatic rings. The van der Waals surface area contributed by atoms with Crippen molar-refractivity contribution >= 4 is 5.91 Å². The van der Waals surface area contributed by atoms with Crippen molar-refractivity contribution in [2.24, 2.45) is 5.92 Å². The fourth-order valence-corrected chi connectivity index (χ4v) is 3.26. The second kappa shape index (κ2) is 7.25. The normalized spacial score (nSPS) is 28.5. The largest absolute Gasteiger partial charge is 0.378 e. The van der Waals surface area contributed by atoms with Crippen LogP contribution in [-0.2, 0) is 9.53 Å². The Bertz CT molecular complexity index is 290. The van der Waals surface area contributed by atoms with Crippen molar-refractivity contribution < 1.29 is 9.53 Å². The zero-order valence-electron chi connectivity index (χ0n) is 12.4. The zero-order chi connectivity index (χ0) is 13.7. The molecule has 0 unspecified atom stereocenters. The van der Waals surface area contributed by atoms with Crippen LogP contribution >= 0.6 is 0 Å². The van der Waals surface area contributed by atoms with Crippen LogP contribution in [0.4, 0.5) is 0 Å². The molecule has 0 aliphatic carbocycles. The first-order valence-electron chi connectivity index (χ1n) is 7.69. The molecule has 0 aromatic carbocycles. The molecule has 4 heteroatoms. The Balaban J connectivity index is 1.66. The van der Waals surface area contributed by atoms with Crippen molar-refractivity contribution in [2.45, 2.75) is 44.6 Å². The van der Waals surface area contributed by atoms with Crippen LogP contribution in [0.5, 0.6) is 0 Å². The van der Waals surface area contributed by atoms with Crippen molar-refractivity contribution in [3.8, 4) is 0 Å². The highest BCUT2D eigenvalue weighted by Gasteiger charge is 2.22. The van der Waals surface area contributed by atoms with E-state index in [1.165, 1.54) is 19.4 Å². The van der Waals surface area contributed by atoms with Crippen LogP contribution in [0, 0.1) is 5.92 Å². The minimum atomic E-state index is 0.281. The Labute approximate surface area is 117 Å². The second-order valence-corrected chi connectivity index (χ2v) is 6.22. The summed E-state index contributed by atoms with van der Waals surface area (Å²) in [5.74, 6) is 0.930. The van der Waals surface area contributed by atoms with Crippen molar-refractivity contribution in [2.75, 3.05) is 40.3 Å². The standard InChI is InChI=1S/C15H28N2O2/c1-16-9-3-5-13(11-16)12-17(2)15(18)8-7-14-6-4-10-19-14/h13-14H,3-12H2,1-2H3/t13-,14+/m1/s1. The lowest BCUT2D eigenvalue weighted by atomic mass is 9.98. The van der Waals surface area contributed by atoms with Crippen LogP contribution < -0.4 is 0 Å². The predicted octanol–water partition coefficient (Wildman–Crippen LogP) is 1.75. The number of rotatable bonds is 5. The fraction of sp³-hybridized carbons (Fsp3) is 0.933. The van der Waals surface area contributed by atoms with Gasteiger partial charge >= 0.3 is 0 Å². The topological polar surface area (TPSA) is 32.8 Å². The molecule has 1 amide bonds. The highest BCUT2D eigenvalue weighted by Crippen LogP contribution is 2.19. The van der Waals surface area contributed by atoms with Crippen LogP contribution in [0.25, 0.3) is 0 Å². The Morgan fingerprint density at radius 3 is 2.89 bits per heavy atom. The molecule has 0 saturated carbocycles. The molecule has 110 valence electrons. The molecule has 0 bridgehead atoms. The summed E-state index contributed by atoms with van der Waals surface area (Å²) in [5.41, 5.74) is 0. The zero-order valence-corrected chi connectivity index (χ0v) is 12.4. The second-order valence-electron chi connectivity index (χ2n) is 6.22. The van der Waals surface area contributed by atoms with Crippen LogP contribution in [0.1, 0.15) is 38.5 Å². The van der Waals surface area contributed by atoms with Crippen LogP contribution in [0.2, 0.25) is 0 Å². The highest BCUT2D eigenvalue weighted by atomic mass is 16.5. The summed E-state index contributed by atoms with van der Waals surface area (Å²) in [4.78, 5) is 16.4. The number of carbonyl (C=O) groups excluding carboxylic acids is 1. The average Bonchev–Trinajstić information content (AvgIpc) is 2.89. The van der Waals surface area contributed by atoms with E-state index in [1.807, 2.05) is 11.9 Å². The van der Waals surface area contributed by atoms with Gasteiger partial charge in [-0.2, -0.15) is 0 Å². The quantitative estimate of drug-likeness (QED) is 0.761. The van der Waals surface area contributed by atoms with E-state index < -0.39 is 0 Å². The molecular weight excluding hydrogens is 240 g/mol. The third-order valence-corrected chi connectivity index (χ3v) is 4.38. The smallest absolute Gasteiger partial charge is 0.222 e. The fourth-order valence-electron chi connectivity index (χ4n) is 3.26. The molecule has 2 heterocycles. The van der Waals surface area contributed by atoms with Gasteiger partial charge in [-0.15, -0.1) is 0 Å². The summed E-state index contributed by atoms with van der Waals surface area (Å²) in [7, 11) is 4.12. The molecule has 2 rings (SSSR count). The molecule has 0 N–H and O–H groups in total. The first-order chi connectivity index (χ1) is 9.15. The monoisotopic (exact) mass is 268 g/mol. The molecule has 2 aliphatic rings. The number of nitrogens with zero attached hydrogens (tertiary/aromatic N) is 2. The molecule has 19 heavy (non-hydrogen) atoms. The van der Waals surface area contributed by atoms with Gasteiger partial charge in [0.15, 0.2) is 0 Å². The maximum atomic E-state index is 12.1. The number of ether oxygens (including phenoxy) is 1. The number of piperidine rings is 1. The SMILES string of the molecule is CN1CCC[C@@H](CN(C)C(=O)CC[C@@H]2CCCO2)C1. The summed E-state index contributed by atoms with van der Waals surface area (Å²) in [5, 5.41) is 0. The van der Waals surface area contributed by atoms with Crippen molar-refractivity contribution in [1.82, 2.24) is 9.80 Å². The summed E-state index contributed by atoms with van der Waals surface area (Å²) < 4.78 is 5.57. The van der Waals surface area contributed by atoms with Crippen molar-refractivity contribution in [3.63, 3.8) is 0 Å². The number of hydrogen-bond donors (Lipinski definition) is 0. The van der Waals surface area contributed by atoms with E-state index >= 15 is 0 Å². The van der Waals surface area contributed by atoms with Gasteiger partial charge in [-0.1, -0.05) is 0 Å². The molecule has 2 aliphatic heterocycles.